The number of rotatable bonds is 34. The topological polar surface area (TPSA) is 298 Å². The Kier molecular flexibility index (Phi) is 23.3. The van der Waals surface area contributed by atoms with Gasteiger partial charge in [0.2, 0.25) is 35.5 Å². The highest BCUT2D eigenvalue weighted by Gasteiger charge is 2.26. The minimum atomic E-state index is -1.09. The van der Waals surface area contributed by atoms with E-state index >= 15 is 0 Å². The minimum Gasteiger partial charge on any atom is -0.496 e. The van der Waals surface area contributed by atoms with Crippen LogP contribution in [0, 0.1) is 0 Å². The van der Waals surface area contributed by atoms with E-state index in [1.807, 2.05) is 30.5 Å². The first-order valence-electron chi connectivity index (χ1n) is 23.7. The molecule has 0 aliphatic carbocycles. The van der Waals surface area contributed by atoms with Gasteiger partial charge in [0, 0.05) is 43.4 Å². The molecule has 2 aromatic carbocycles. The Bertz CT molecular complexity index is 2450. The number of fused-ring (bicyclic) bond motifs is 1. The van der Waals surface area contributed by atoms with Gasteiger partial charge in [-0.25, -0.2) is 4.98 Å². The lowest BCUT2D eigenvalue weighted by molar-refractivity contribution is -0.141. The molecule has 4 aromatic rings. The van der Waals surface area contributed by atoms with Crippen LogP contribution in [0.15, 0.2) is 72.9 Å². The molecule has 0 spiro atoms. The summed E-state index contributed by atoms with van der Waals surface area (Å²) in [6.45, 7) is 4.44. The highest BCUT2D eigenvalue weighted by molar-refractivity contribution is 6.14. The van der Waals surface area contributed by atoms with Gasteiger partial charge in [0.1, 0.15) is 23.9 Å². The van der Waals surface area contributed by atoms with Crippen molar-refractivity contribution in [1.29, 1.82) is 0 Å². The number of nitrogens with one attached hydrogen (secondary N) is 6. The van der Waals surface area contributed by atoms with Crippen LogP contribution in [0.1, 0.15) is 42.9 Å². The molecule has 7 amide bonds. The van der Waals surface area contributed by atoms with Crippen LogP contribution in [0.4, 0.5) is 11.8 Å². The maximum atomic E-state index is 13.1. The number of hydrogen-bond donors (Lipinski definition) is 7. The van der Waals surface area contributed by atoms with Crippen LogP contribution in [-0.4, -0.2) is 159 Å². The van der Waals surface area contributed by atoms with E-state index in [2.05, 4.69) is 53.4 Å². The van der Waals surface area contributed by atoms with Crippen molar-refractivity contribution in [3.63, 3.8) is 0 Å². The summed E-state index contributed by atoms with van der Waals surface area (Å²) in [6.07, 6.45) is 7.43. The zero-order chi connectivity index (χ0) is 51.5. The summed E-state index contributed by atoms with van der Waals surface area (Å²) in [5.41, 5.74) is 10.3. The van der Waals surface area contributed by atoms with Crippen LogP contribution in [0.5, 0.6) is 5.75 Å². The highest BCUT2D eigenvalue weighted by Crippen LogP contribution is 2.27. The van der Waals surface area contributed by atoms with Crippen molar-refractivity contribution in [3.05, 3.63) is 89.6 Å². The average Bonchev–Trinajstić information content (AvgIpc) is 3.93. The monoisotopic (exact) mass is 999 g/mol. The number of unbranched alkanes of at least 4 members (excludes halogenated alkanes) is 2. The lowest BCUT2D eigenvalue weighted by Gasteiger charge is -2.19. The summed E-state index contributed by atoms with van der Waals surface area (Å²) in [5.74, 6) is -2.88. The number of benzene rings is 2. The molecule has 0 unspecified atom stereocenters. The molecule has 3 heterocycles. The molecule has 0 radical (unpaired) electrons. The lowest BCUT2D eigenvalue weighted by Crippen LogP contribution is -2.52. The van der Waals surface area contributed by atoms with Crippen LogP contribution in [0.3, 0.4) is 0 Å². The highest BCUT2D eigenvalue weighted by atomic mass is 16.6. The fourth-order valence-corrected chi connectivity index (χ4v) is 7.13. The van der Waals surface area contributed by atoms with Crippen molar-refractivity contribution in [2.24, 2.45) is 0 Å². The normalized spacial score (nSPS) is 12.4. The van der Waals surface area contributed by atoms with Crippen molar-refractivity contribution >= 4 is 64.1 Å². The maximum absolute atomic E-state index is 13.1. The summed E-state index contributed by atoms with van der Waals surface area (Å²) < 4.78 is 30.4. The molecule has 23 nitrogen and oxygen atoms in total. The van der Waals surface area contributed by atoms with Gasteiger partial charge < -0.3 is 65.9 Å². The number of nitrogens with two attached hydrogens (primary N) is 1. The third kappa shape index (κ3) is 19.0. The number of ether oxygens (including phenoxy) is 5. The molecule has 8 N–H and O–H groups in total. The number of imide groups is 1. The molecule has 23 heteroatoms. The maximum Gasteiger partial charge on any atom is 0.254 e. The van der Waals surface area contributed by atoms with Crippen molar-refractivity contribution in [1.82, 2.24) is 46.0 Å². The second-order valence-corrected chi connectivity index (χ2v) is 16.3. The second-order valence-electron chi connectivity index (χ2n) is 16.3. The molecule has 1 aliphatic heterocycles. The van der Waals surface area contributed by atoms with E-state index in [9.17, 15) is 33.6 Å². The quantitative estimate of drug-likeness (QED) is 0.0246. The Morgan fingerprint density at radius 2 is 1.35 bits per heavy atom. The molecule has 0 fully saturated rings. The van der Waals surface area contributed by atoms with Crippen molar-refractivity contribution in [2.75, 3.05) is 104 Å². The number of aromatic nitrogens is 3. The predicted octanol–water partition coefficient (Wildman–Crippen LogP) is 0.356. The van der Waals surface area contributed by atoms with E-state index in [1.54, 1.807) is 37.4 Å². The van der Waals surface area contributed by atoms with Gasteiger partial charge in [-0.2, -0.15) is 4.98 Å². The van der Waals surface area contributed by atoms with Gasteiger partial charge in [0.25, 0.3) is 11.8 Å². The van der Waals surface area contributed by atoms with Crippen LogP contribution < -0.4 is 42.4 Å². The molecule has 388 valence electrons. The second kappa shape index (κ2) is 30.3. The number of methoxy groups -OCH3 is 1. The SMILES string of the molecule is CCCCCNc1nc(N)nc2ccn(Cc3ccc(COCCOCCOCCOCCNC(=O)CNC(=O)[C@H](Cc4ccccc4)NC(=O)CNC(=O)CNC(=O)CN4C(=O)C=CC4=O)cc3OC)c12. The van der Waals surface area contributed by atoms with Gasteiger partial charge in [0.15, 0.2) is 5.82 Å². The van der Waals surface area contributed by atoms with Gasteiger partial charge in [-0.15, -0.1) is 0 Å². The molecule has 1 atom stereocenters. The van der Waals surface area contributed by atoms with E-state index in [-0.39, 0.29) is 38.7 Å². The molecule has 72 heavy (non-hydrogen) atoms. The lowest BCUT2D eigenvalue weighted by atomic mass is 10.1. The van der Waals surface area contributed by atoms with Crippen LogP contribution in [0.2, 0.25) is 0 Å². The number of nitrogen functional groups attached to an aromatic ring is 1. The Balaban J connectivity index is 0.883. The minimum absolute atomic E-state index is 0.0954. The van der Waals surface area contributed by atoms with Gasteiger partial charge in [-0.1, -0.05) is 62.2 Å². The van der Waals surface area contributed by atoms with Gasteiger partial charge in [-0.3, -0.25) is 38.5 Å². The molecule has 0 saturated heterocycles. The van der Waals surface area contributed by atoms with Crippen molar-refractivity contribution in [2.45, 2.75) is 51.8 Å². The number of carbonyl (C=O) groups is 7. The number of nitrogens with zero attached hydrogens (tertiary/aromatic N) is 4. The van der Waals surface area contributed by atoms with Crippen molar-refractivity contribution in [3.8, 4) is 5.75 Å². The summed E-state index contributed by atoms with van der Waals surface area (Å²) in [4.78, 5) is 95.5. The predicted molar refractivity (Wildman–Crippen MR) is 264 cm³/mol. The largest absolute Gasteiger partial charge is 0.496 e. The van der Waals surface area contributed by atoms with E-state index < -0.39 is 67.0 Å². The van der Waals surface area contributed by atoms with Crippen molar-refractivity contribution < 1.29 is 57.2 Å². The third-order valence-electron chi connectivity index (χ3n) is 10.8. The van der Waals surface area contributed by atoms with E-state index in [4.69, 9.17) is 29.4 Å². The van der Waals surface area contributed by atoms with E-state index in [0.717, 1.165) is 71.4 Å². The molecule has 2 aromatic heterocycles. The molecular formula is C49H65N11O12. The zero-order valence-corrected chi connectivity index (χ0v) is 40.7. The fraction of sp³-hybridized carbons (Fsp3) is 0.449. The van der Waals surface area contributed by atoms with Crippen LogP contribution in [0.25, 0.3) is 11.0 Å². The summed E-state index contributed by atoms with van der Waals surface area (Å²) in [5, 5.41) is 15.8. The molecule has 0 saturated carbocycles. The van der Waals surface area contributed by atoms with E-state index in [1.165, 1.54) is 0 Å². The molecule has 0 bridgehead atoms. The zero-order valence-electron chi connectivity index (χ0n) is 40.7. The first-order valence-corrected chi connectivity index (χ1v) is 23.7. The summed E-state index contributed by atoms with van der Waals surface area (Å²) in [7, 11) is 1.65. The molecule has 1 aliphatic rings. The van der Waals surface area contributed by atoms with E-state index in [0.29, 0.717) is 56.9 Å². The Hall–Kier alpha value is -7.47. The number of hydrogen-bond acceptors (Lipinski definition) is 16. The Morgan fingerprint density at radius 3 is 2.06 bits per heavy atom. The number of carbonyl (C=O) groups excluding carboxylic acids is 7. The van der Waals surface area contributed by atoms with Gasteiger partial charge in [0.05, 0.1) is 91.7 Å². The molecular weight excluding hydrogens is 935 g/mol. The smallest absolute Gasteiger partial charge is 0.254 e. The van der Waals surface area contributed by atoms with Crippen LogP contribution >= 0.6 is 0 Å². The summed E-state index contributed by atoms with van der Waals surface area (Å²) >= 11 is 0. The Labute approximate surface area is 417 Å². The van der Waals surface area contributed by atoms with Gasteiger partial charge in [-0.05, 0) is 29.7 Å². The summed E-state index contributed by atoms with van der Waals surface area (Å²) in [6, 6.07) is 15.7. The van der Waals surface area contributed by atoms with Crippen LogP contribution in [-0.2, 0) is 72.1 Å². The standard InChI is InChI=1S/C49H65N11O12/c1-3-4-8-16-52-47-46-37(57-49(50)58-47)15-18-59(46)31-36-12-11-35(27-39(36)68-2)33-72-25-24-71-23-22-70-21-20-69-19-17-51-40(61)29-55-48(67)38(26-34-9-6-5-7-10-34)56-42(63)30-53-41(62)28-54-43(64)32-60-44(65)13-14-45(60)66/h5-7,9-15,18,27,38H,3-4,8,16-17,19-26,28-33H2,1-2H3,(H,51,61)(H,53,62)(H,54,64)(H,55,67)(H,56,63)(H3,50,52,57,58)/t38-/m0/s1. The number of amides is 7. The number of anilines is 2. The average molecular weight is 1000 g/mol. The van der Waals surface area contributed by atoms with Gasteiger partial charge >= 0.3 is 0 Å². The third-order valence-corrected chi connectivity index (χ3v) is 10.8. The first kappa shape index (κ1) is 55.5. The fourth-order valence-electron chi connectivity index (χ4n) is 7.13. The Morgan fingerprint density at radius 1 is 0.694 bits per heavy atom. The first-order chi connectivity index (χ1) is 34.9. The molecule has 5 rings (SSSR count).